The van der Waals surface area contributed by atoms with Crippen LogP contribution >= 0.6 is 0 Å². The van der Waals surface area contributed by atoms with Crippen LogP contribution in [-0.2, 0) is 19.3 Å². The number of nitrogens with zero attached hydrogens (tertiary/aromatic N) is 2. The van der Waals surface area contributed by atoms with Crippen molar-refractivity contribution in [3.63, 3.8) is 0 Å². The molecule has 12 heteroatoms. The minimum atomic E-state index is -4.77. The van der Waals surface area contributed by atoms with Gasteiger partial charge in [0.15, 0.2) is 11.6 Å². The van der Waals surface area contributed by atoms with E-state index in [1.54, 1.807) is 0 Å². The largest absolute Gasteiger partial charge is 0.494 e. The number of ether oxygens (including phenoxy) is 1. The Balaban J connectivity index is 1.98. The Morgan fingerprint density at radius 3 is 2.15 bits per heavy atom. The van der Waals surface area contributed by atoms with Gasteiger partial charge in [-0.2, -0.15) is 13.2 Å². The smallest absolute Gasteiger partial charge is 0.416 e. The first-order chi connectivity index (χ1) is 18.9. The van der Waals surface area contributed by atoms with E-state index in [1.807, 2.05) is 0 Å². The maximum atomic E-state index is 15.3. The van der Waals surface area contributed by atoms with Crippen LogP contribution < -0.4 is 21.7 Å². The Bertz CT molecular complexity index is 1670. The third kappa shape index (κ3) is 5.26. The van der Waals surface area contributed by atoms with Gasteiger partial charge in [-0.3, -0.25) is 13.9 Å². The van der Waals surface area contributed by atoms with Crippen molar-refractivity contribution in [1.82, 2.24) is 9.13 Å². The zero-order chi connectivity index (χ0) is 29.4. The molecule has 6 nitrogen and oxygen atoms in total. The number of aromatic nitrogens is 2. The quantitative estimate of drug-likeness (QED) is 0.315. The lowest BCUT2D eigenvalue weighted by atomic mass is 10.00. The molecule has 4 aromatic rings. The summed E-state index contributed by atoms with van der Waals surface area (Å²) in [7, 11) is 1.20. The van der Waals surface area contributed by atoms with E-state index < -0.39 is 65.1 Å². The SMILES string of the molecule is COc1cccc(-c2c(C)n(Cc3c(F)cccc3F)c(=O)n(CC(N)c3ccccc3C(F)(F)F)c2=O)c1F. The highest BCUT2D eigenvalue weighted by Crippen LogP contribution is 2.34. The van der Waals surface area contributed by atoms with E-state index in [1.165, 1.54) is 38.3 Å². The van der Waals surface area contributed by atoms with Crippen LogP contribution in [0.15, 0.2) is 70.3 Å². The highest BCUT2D eigenvalue weighted by Gasteiger charge is 2.35. The summed E-state index contributed by atoms with van der Waals surface area (Å²) in [5, 5.41) is 0. The number of halogens is 6. The lowest BCUT2D eigenvalue weighted by molar-refractivity contribution is -0.138. The molecule has 4 rings (SSSR count). The molecule has 1 atom stereocenters. The number of rotatable bonds is 7. The fourth-order valence-corrected chi connectivity index (χ4v) is 4.53. The van der Waals surface area contributed by atoms with Gasteiger partial charge in [-0.25, -0.2) is 18.0 Å². The second-order valence-corrected chi connectivity index (χ2v) is 8.96. The van der Waals surface area contributed by atoms with Crippen LogP contribution in [0.2, 0.25) is 0 Å². The molecule has 210 valence electrons. The normalized spacial score (nSPS) is 12.4. The molecule has 0 aliphatic heterocycles. The molecule has 3 aromatic carbocycles. The molecular weight excluding hydrogens is 540 g/mol. The van der Waals surface area contributed by atoms with Crippen molar-refractivity contribution in [2.75, 3.05) is 7.11 Å². The van der Waals surface area contributed by atoms with Crippen LogP contribution in [0.5, 0.6) is 5.75 Å². The summed E-state index contributed by atoms with van der Waals surface area (Å²) in [4.78, 5) is 27.2. The van der Waals surface area contributed by atoms with E-state index in [4.69, 9.17) is 10.5 Å². The zero-order valence-corrected chi connectivity index (χ0v) is 21.2. The molecule has 0 spiro atoms. The highest BCUT2D eigenvalue weighted by molar-refractivity contribution is 5.67. The number of benzene rings is 3. The fourth-order valence-electron chi connectivity index (χ4n) is 4.53. The van der Waals surface area contributed by atoms with Crippen LogP contribution in [0.1, 0.15) is 28.4 Å². The second kappa shape index (κ2) is 11.0. The van der Waals surface area contributed by atoms with Crippen LogP contribution in [0, 0.1) is 24.4 Å². The van der Waals surface area contributed by atoms with E-state index in [0.29, 0.717) is 4.57 Å². The van der Waals surface area contributed by atoms with E-state index in [2.05, 4.69) is 0 Å². The lowest BCUT2D eigenvalue weighted by Gasteiger charge is -2.22. The molecule has 0 fully saturated rings. The Morgan fingerprint density at radius 2 is 1.52 bits per heavy atom. The van der Waals surface area contributed by atoms with Gasteiger partial charge in [0, 0.05) is 22.9 Å². The molecular formula is C28H23F6N3O3. The Hall–Kier alpha value is -4.32. The van der Waals surface area contributed by atoms with Crippen LogP contribution in [0.3, 0.4) is 0 Å². The predicted molar refractivity (Wildman–Crippen MR) is 135 cm³/mol. The zero-order valence-electron chi connectivity index (χ0n) is 21.2. The van der Waals surface area contributed by atoms with Gasteiger partial charge in [-0.15, -0.1) is 0 Å². The van der Waals surface area contributed by atoms with Gasteiger partial charge in [-0.1, -0.05) is 36.4 Å². The molecule has 0 aliphatic rings. The highest BCUT2D eigenvalue weighted by atomic mass is 19.4. The molecule has 1 unspecified atom stereocenters. The Labute approximate surface area is 223 Å². The Morgan fingerprint density at radius 1 is 0.900 bits per heavy atom. The minimum Gasteiger partial charge on any atom is -0.494 e. The summed E-state index contributed by atoms with van der Waals surface area (Å²) in [6, 6.07) is 9.89. The number of hydrogen-bond donors (Lipinski definition) is 1. The summed E-state index contributed by atoms with van der Waals surface area (Å²) < 4.78 is 91.6. The van der Waals surface area contributed by atoms with Crippen LogP contribution in [0.25, 0.3) is 11.1 Å². The topological polar surface area (TPSA) is 79.2 Å². The van der Waals surface area contributed by atoms with Crippen LogP contribution in [0.4, 0.5) is 26.3 Å². The van der Waals surface area contributed by atoms with E-state index in [0.717, 1.165) is 41.0 Å². The number of alkyl halides is 3. The molecule has 0 bridgehead atoms. The average molecular weight is 563 g/mol. The van der Waals surface area contributed by atoms with Gasteiger partial charge >= 0.3 is 11.9 Å². The second-order valence-electron chi connectivity index (χ2n) is 8.96. The molecule has 2 N–H and O–H groups in total. The standard InChI is InChI=1S/C28H23F6N3O3/c1-15-24(17-8-5-12-23(40-2)25(17)31)26(38)37(14-22(35)16-7-3-4-9-19(16)28(32,33)34)27(39)36(15)13-18-20(29)10-6-11-21(18)30/h3-12,22H,13-14,35H2,1-2H3. The molecule has 0 amide bonds. The minimum absolute atomic E-state index is 0.134. The van der Waals surface area contributed by atoms with Gasteiger partial charge in [0.1, 0.15) is 11.6 Å². The van der Waals surface area contributed by atoms with Gasteiger partial charge in [0.05, 0.1) is 31.3 Å². The van der Waals surface area contributed by atoms with E-state index >= 15 is 4.39 Å². The first-order valence-electron chi connectivity index (χ1n) is 11.9. The summed E-state index contributed by atoms with van der Waals surface area (Å²) in [5.41, 5.74) is 1.20. The molecule has 0 aliphatic carbocycles. The summed E-state index contributed by atoms with van der Waals surface area (Å²) in [5.74, 6) is -3.13. The van der Waals surface area contributed by atoms with E-state index in [-0.39, 0.29) is 28.1 Å². The maximum absolute atomic E-state index is 15.3. The van der Waals surface area contributed by atoms with E-state index in [9.17, 15) is 31.5 Å². The first-order valence-corrected chi connectivity index (χ1v) is 11.9. The van der Waals surface area contributed by atoms with Crippen molar-refractivity contribution >= 4 is 0 Å². The third-order valence-corrected chi connectivity index (χ3v) is 6.56. The van der Waals surface area contributed by atoms with Crippen molar-refractivity contribution in [2.45, 2.75) is 32.2 Å². The third-order valence-electron chi connectivity index (χ3n) is 6.56. The van der Waals surface area contributed by atoms with Crippen molar-refractivity contribution in [2.24, 2.45) is 5.73 Å². The van der Waals surface area contributed by atoms with Crippen molar-refractivity contribution in [3.8, 4) is 16.9 Å². The first kappa shape index (κ1) is 28.7. The monoisotopic (exact) mass is 563 g/mol. The number of hydrogen-bond acceptors (Lipinski definition) is 4. The van der Waals surface area contributed by atoms with Crippen molar-refractivity contribution in [3.05, 3.63) is 121 Å². The summed E-state index contributed by atoms with van der Waals surface area (Å²) in [6.07, 6.45) is -4.77. The van der Waals surface area contributed by atoms with Gasteiger partial charge in [0.2, 0.25) is 0 Å². The fraction of sp³-hybridized carbons (Fsp3) is 0.214. The average Bonchev–Trinajstić information content (AvgIpc) is 2.91. The predicted octanol–water partition coefficient (Wildman–Crippen LogP) is 5.18. The summed E-state index contributed by atoms with van der Waals surface area (Å²) in [6.45, 7) is -0.154. The Kier molecular flexibility index (Phi) is 7.92. The lowest BCUT2D eigenvalue weighted by Crippen LogP contribution is -2.44. The van der Waals surface area contributed by atoms with Gasteiger partial charge < -0.3 is 10.5 Å². The van der Waals surface area contributed by atoms with Crippen molar-refractivity contribution < 1.29 is 31.1 Å². The van der Waals surface area contributed by atoms with Crippen molar-refractivity contribution in [1.29, 1.82) is 0 Å². The molecule has 0 saturated heterocycles. The summed E-state index contributed by atoms with van der Waals surface area (Å²) >= 11 is 0. The molecule has 1 aromatic heterocycles. The molecule has 0 radical (unpaired) electrons. The molecule has 40 heavy (non-hydrogen) atoms. The number of nitrogens with two attached hydrogens (primary N) is 1. The van der Waals surface area contributed by atoms with Gasteiger partial charge in [-0.05, 0) is 36.8 Å². The van der Waals surface area contributed by atoms with Gasteiger partial charge in [0.25, 0.3) is 5.56 Å². The molecule has 1 heterocycles. The maximum Gasteiger partial charge on any atom is 0.416 e. The molecule has 0 saturated carbocycles. The van der Waals surface area contributed by atoms with Crippen LogP contribution in [-0.4, -0.2) is 16.2 Å². The number of methoxy groups -OCH3 is 1.